The molecule has 1 heterocycles. The lowest BCUT2D eigenvalue weighted by Gasteiger charge is -2.33. The van der Waals surface area contributed by atoms with Crippen molar-refractivity contribution in [1.82, 2.24) is 4.31 Å². The third-order valence-corrected chi connectivity index (χ3v) is 6.29. The van der Waals surface area contributed by atoms with Crippen molar-refractivity contribution in [3.63, 3.8) is 0 Å². The molecule has 2 aromatic carbocycles. The molecule has 0 unspecified atom stereocenters. The van der Waals surface area contributed by atoms with Gasteiger partial charge in [-0.3, -0.25) is 4.79 Å². The Bertz CT molecular complexity index is 882. The number of carbonyl (C=O) groups is 1. The van der Waals surface area contributed by atoms with Crippen molar-refractivity contribution < 1.29 is 13.2 Å². The Morgan fingerprint density at radius 2 is 1.69 bits per heavy atom. The fraction of sp³-hybridized carbons (Fsp3) is 0.316. The van der Waals surface area contributed by atoms with E-state index in [-0.39, 0.29) is 12.5 Å². The molecule has 0 saturated carbocycles. The highest BCUT2D eigenvalue weighted by molar-refractivity contribution is 7.90. The number of rotatable bonds is 5. The van der Waals surface area contributed by atoms with Crippen LogP contribution in [0.4, 0.5) is 11.4 Å². The van der Waals surface area contributed by atoms with Gasteiger partial charge in [0.05, 0.1) is 5.69 Å². The van der Waals surface area contributed by atoms with Gasteiger partial charge in [-0.25, -0.2) is 4.31 Å². The van der Waals surface area contributed by atoms with Gasteiger partial charge in [0.1, 0.15) is 6.54 Å². The van der Waals surface area contributed by atoms with Crippen LogP contribution in [0.25, 0.3) is 0 Å². The van der Waals surface area contributed by atoms with Crippen LogP contribution < -0.4 is 9.21 Å². The van der Waals surface area contributed by atoms with E-state index < -0.39 is 10.2 Å². The van der Waals surface area contributed by atoms with Gasteiger partial charge in [0.2, 0.25) is 5.91 Å². The van der Waals surface area contributed by atoms with Gasteiger partial charge < -0.3 is 4.90 Å². The zero-order valence-electron chi connectivity index (χ0n) is 15.0. The summed E-state index contributed by atoms with van der Waals surface area (Å²) in [4.78, 5) is 14.7. The molecule has 3 rings (SSSR count). The van der Waals surface area contributed by atoms with Crippen molar-refractivity contribution in [2.24, 2.45) is 0 Å². The van der Waals surface area contributed by atoms with Crippen LogP contribution in [0.5, 0.6) is 0 Å². The Morgan fingerprint density at radius 3 is 2.38 bits per heavy atom. The summed E-state index contributed by atoms with van der Waals surface area (Å²) in [6, 6.07) is 16.5. The number of nitrogens with zero attached hydrogens (tertiary/aromatic N) is 3. The molecule has 0 aliphatic carbocycles. The second kappa shape index (κ2) is 7.47. The van der Waals surface area contributed by atoms with Gasteiger partial charge in [0.25, 0.3) is 0 Å². The number of benzene rings is 2. The molecule has 0 aromatic heterocycles. The maximum Gasteiger partial charge on any atom is 0.304 e. The first-order valence-corrected chi connectivity index (χ1v) is 9.94. The molecule has 0 bridgehead atoms. The summed E-state index contributed by atoms with van der Waals surface area (Å²) in [6.07, 6.45) is 1.80. The lowest BCUT2D eigenvalue weighted by molar-refractivity contribution is -0.117. The van der Waals surface area contributed by atoms with E-state index in [2.05, 4.69) is 0 Å². The average Bonchev–Trinajstić information content (AvgIpc) is 2.65. The van der Waals surface area contributed by atoms with Gasteiger partial charge >= 0.3 is 10.2 Å². The SMILES string of the molecule is CN(C)S(=O)(=O)N(CC(=O)N1CCCc2ccccc21)c1ccccc1. The van der Waals surface area contributed by atoms with Crippen LogP contribution in [0.15, 0.2) is 54.6 Å². The number of hydrogen-bond donors (Lipinski definition) is 0. The van der Waals surface area contributed by atoms with Crippen molar-refractivity contribution in [3.8, 4) is 0 Å². The Morgan fingerprint density at radius 1 is 1.04 bits per heavy atom. The molecule has 6 nitrogen and oxygen atoms in total. The monoisotopic (exact) mass is 373 g/mol. The van der Waals surface area contributed by atoms with E-state index in [1.165, 1.54) is 14.1 Å². The number of hydrogen-bond acceptors (Lipinski definition) is 3. The fourth-order valence-corrected chi connectivity index (χ4v) is 4.15. The van der Waals surface area contributed by atoms with E-state index in [9.17, 15) is 13.2 Å². The molecule has 0 N–H and O–H groups in total. The highest BCUT2D eigenvalue weighted by Crippen LogP contribution is 2.27. The summed E-state index contributed by atoms with van der Waals surface area (Å²) < 4.78 is 27.8. The molecule has 0 fully saturated rings. The molecule has 1 amide bonds. The minimum absolute atomic E-state index is 0.230. The van der Waals surface area contributed by atoms with Crippen molar-refractivity contribution in [2.45, 2.75) is 12.8 Å². The molecule has 138 valence electrons. The van der Waals surface area contributed by atoms with Gasteiger partial charge in [0.15, 0.2) is 0 Å². The zero-order chi connectivity index (χ0) is 18.7. The topological polar surface area (TPSA) is 60.9 Å². The summed E-state index contributed by atoms with van der Waals surface area (Å²) >= 11 is 0. The highest BCUT2D eigenvalue weighted by atomic mass is 32.2. The predicted molar refractivity (Wildman–Crippen MR) is 104 cm³/mol. The van der Waals surface area contributed by atoms with Crippen LogP contribution in [-0.4, -0.2) is 45.8 Å². The van der Waals surface area contributed by atoms with E-state index in [1.807, 2.05) is 30.3 Å². The molecule has 0 atom stereocenters. The van der Waals surface area contributed by atoms with Crippen LogP contribution in [0.1, 0.15) is 12.0 Å². The fourth-order valence-electron chi connectivity index (χ4n) is 3.10. The molecule has 0 spiro atoms. The molecular weight excluding hydrogens is 350 g/mol. The largest absolute Gasteiger partial charge is 0.311 e. The summed E-state index contributed by atoms with van der Waals surface area (Å²) in [5.41, 5.74) is 2.47. The summed E-state index contributed by atoms with van der Waals surface area (Å²) in [7, 11) is -0.856. The number of fused-ring (bicyclic) bond motifs is 1. The van der Waals surface area contributed by atoms with Crippen LogP contribution in [0.3, 0.4) is 0 Å². The number of carbonyl (C=O) groups excluding carboxylic acids is 1. The number of aryl methyl sites for hydroxylation is 1. The van der Waals surface area contributed by atoms with Gasteiger partial charge in [-0.1, -0.05) is 36.4 Å². The maximum atomic E-state index is 13.0. The Kier molecular flexibility index (Phi) is 5.29. The minimum atomic E-state index is -3.78. The maximum absolute atomic E-state index is 13.0. The molecule has 2 aromatic rings. The second-order valence-electron chi connectivity index (χ2n) is 6.41. The van der Waals surface area contributed by atoms with Crippen molar-refractivity contribution in [2.75, 3.05) is 36.4 Å². The Balaban J connectivity index is 1.92. The first-order chi connectivity index (χ1) is 12.4. The normalized spacial score (nSPS) is 14.2. The number of amides is 1. The molecule has 0 radical (unpaired) electrons. The standard InChI is InChI=1S/C19H23N3O3S/c1-20(2)26(24,25)22(17-11-4-3-5-12-17)15-19(23)21-14-8-10-16-9-6-7-13-18(16)21/h3-7,9,11-13H,8,10,14-15H2,1-2H3. The van der Waals surface area contributed by atoms with Gasteiger partial charge in [-0.2, -0.15) is 12.7 Å². The van der Waals surface area contributed by atoms with Crippen LogP contribution >= 0.6 is 0 Å². The molecule has 0 saturated heterocycles. The second-order valence-corrected chi connectivity index (χ2v) is 8.48. The Labute approximate surface area is 154 Å². The zero-order valence-corrected chi connectivity index (χ0v) is 15.8. The van der Waals surface area contributed by atoms with Crippen LogP contribution in [0, 0.1) is 0 Å². The average molecular weight is 373 g/mol. The van der Waals surface area contributed by atoms with Crippen LogP contribution in [0.2, 0.25) is 0 Å². The van der Waals surface area contributed by atoms with Gasteiger partial charge in [-0.05, 0) is 36.6 Å². The minimum Gasteiger partial charge on any atom is -0.311 e. The van der Waals surface area contributed by atoms with E-state index >= 15 is 0 Å². The first kappa shape index (κ1) is 18.4. The molecule has 7 heteroatoms. The molecule has 26 heavy (non-hydrogen) atoms. The number of para-hydroxylation sites is 2. The van der Waals surface area contributed by atoms with E-state index in [1.54, 1.807) is 29.2 Å². The Hall–Kier alpha value is -2.38. The van der Waals surface area contributed by atoms with E-state index in [0.29, 0.717) is 12.2 Å². The summed E-state index contributed by atoms with van der Waals surface area (Å²) in [5, 5.41) is 0. The lowest BCUT2D eigenvalue weighted by Crippen LogP contribution is -2.48. The quantitative estimate of drug-likeness (QED) is 0.808. The van der Waals surface area contributed by atoms with Crippen molar-refractivity contribution in [1.29, 1.82) is 0 Å². The molecular formula is C19H23N3O3S. The number of anilines is 2. The van der Waals surface area contributed by atoms with Crippen LogP contribution in [-0.2, 0) is 21.4 Å². The third-order valence-electron chi connectivity index (χ3n) is 4.47. The van der Waals surface area contributed by atoms with Crippen molar-refractivity contribution in [3.05, 3.63) is 60.2 Å². The van der Waals surface area contributed by atoms with Gasteiger partial charge in [-0.15, -0.1) is 0 Å². The van der Waals surface area contributed by atoms with Crippen molar-refractivity contribution >= 4 is 27.5 Å². The third kappa shape index (κ3) is 3.59. The predicted octanol–water partition coefficient (Wildman–Crippen LogP) is 2.28. The van der Waals surface area contributed by atoms with Gasteiger partial charge in [0, 0.05) is 26.3 Å². The first-order valence-electron chi connectivity index (χ1n) is 8.55. The molecule has 1 aliphatic rings. The lowest BCUT2D eigenvalue weighted by atomic mass is 10.0. The highest BCUT2D eigenvalue weighted by Gasteiger charge is 2.30. The summed E-state index contributed by atoms with van der Waals surface area (Å²) in [5.74, 6) is -0.230. The smallest absolute Gasteiger partial charge is 0.304 e. The molecule has 1 aliphatic heterocycles. The van der Waals surface area contributed by atoms with E-state index in [4.69, 9.17) is 0 Å². The van der Waals surface area contributed by atoms with E-state index in [0.717, 1.165) is 32.7 Å². The summed E-state index contributed by atoms with van der Waals surface area (Å²) in [6.45, 7) is 0.360.